The van der Waals surface area contributed by atoms with Crippen molar-refractivity contribution in [1.82, 2.24) is 0 Å². The molecule has 2 aromatic rings. The van der Waals surface area contributed by atoms with Crippen molar-refractivity contribution >= 4 is 50.7 Å². The highest BCUT2D eigenvalue weighted by Crippen LogP contribution is 2.27. The Morgan fingerprint density at radius 3 is 2.32 bits per heavy atom. The summed E-state index contributed by atoms with van der Waals surface area (Å²) in [4.78, 5) is 23.9. The second kappa shape index (κ2) is 7.29. The van der Waals surface area contributed by atoms with Crippen molar-refractivity contribution in [2.75, 3.05) is 17.7 Å². The minimum absolute atomic E-state index is 0.322. The Labute approximate surface area is 140 Å². The molecule has 0 radical (unpaired) electrons. The molecule has 2 amide bonds. The lowest BCUT2D eigenvalue weighted by atomic mass is 10.3. The third-order valence-corrected chi connectivity index (χ3v) is 3.66. The summed E-state index contributed by atoms with van der Waals surface area (Å²) in [5.41, 5.74) is 0.822. The number of amides is 2. The molecule has 0 aliphatic carbocycles. The van der Waals surface area contributed by atoms with Crippen molar-refractivity contribution in [3.63, 3.8) is 0 Å². The van der Waals surface area contributed by atoms with Gasteiger partial charge in [-0.2, -0.15) is 0 Å². The van der Waals surface area contributed by atoms with Crippen molar-refractivity contribution < 1.29 is 14.3 Å². The lowest BCUT2D eigenvalue weighted by molar-refractivity contribution is -0.133. The quantitative estimate of drug-likeness (QED) is 0.794. The topological polar surface area (TPSA) is 67.4 Å². The zero-order valence-electron chi connectivity index (χ0n) is 11.5. The third-order valence-electron chi connectivity index (χ3n) is 2.74. The van der Waals surface area contributed by atoms with E-state index in [9.17, 15) is 9.59 Å². The number of hydrogen-bond acceptors (Lipinski definition) is 3. The molecule has 0 aromatic heterocycles. The van der Waals surface area contributed by atoms with Crippen molar-refractivity contribution in [2.24, 2.45) is 0 Å². The number of ether oxygens (including phenoxy) is 1. The summed E-state index contributed by atoms with van der Waals surface area (Å²) in [7, 11) is 1.46. The van der Waals surface area contributed by atoms with Crippen LogP contribution in [0.25, 0.3) is 0 Å². The molecule has 0 aliphatic rings. The molecule has 0 saturated carbocycles. The van der Waals surface area contributed by atoms with Gasteiger partial charge in [0.1, 0.15) is 5.75 Å². The molecule has 2 N–H and O–H groups in total. The average molecular weight is 384 g/mol. The van der Waals surface area contributed by atoms with E-state index in [2.05, 4.69) is 26.6 Å². The molecule has 5 nitrogen and oxygen atoms in total. The maximum Gasteiger partial charge on any atom is 0.314 e. The van der Waals surface area contributed by atoms with E-state index in [1.807, 2.05) is 0 Å². The first kappa shape index (κ1) is 16.3. The molecule has 0 bridgehead atoms. The monoisotopic (exact) mass is 382 g/mol. The summed E-state index contributed by atoms with van der Waals surface area (Å²) in [5, 5.41) is 5.40. The van der Waals surface area contributed by atoms with Crippen LogP contribution in [0.4, 0.5) is 11.4 Å². The van der Waals surface area contributed by atoms with Gasteiger partial charge in [-0.25, -0.2) is 0 Å². The van der Waals surface area contributed by atoms with Gasteiger partial charge in [-0.05, 0) is 46.3 Å². The maximum atomic E-state index is 12.0. The van der Waals surface area contributed by atoms with Gasteiger partial charge in [-0.3, -0.25) is 9.59 Å². The maximum absolute atomic E-state index is 12.0. The van der Waals surface area contributed by atoms with Crippen molar-refractivity contribution in [1.29, 1.82) is 0 Å². The Hall–Kier alpha value is -2.05. The predicted octanol–water partition coefficient (Wildman–Crippen LogP) is 3.69. The molecule has 7 heteroatoms. The molecule has 2 rings (SSSR count). The molecule has 114 valence electrons. The smallest absolute Gasteiger partial charge is 0.314 e. The number of carbonyl (C=O) groups excluding carboxylic acids is 2. The van der Waals surface area contributed by atoms with E-state index in [0.29, 0.717) is 26.6 Å². The molecule has 2 aromatic carbocycles. The van der Waals surface area contributed by atoms with Gasteiger partial charge in [0.05, 0.1) is 18.5 Å². The van der Waals surface area contributed by atoms with Crippen molar-refractivity contribution in [3.05, 3.63) is 52.0 Å². The molecule has 0 atom stereocenters. The second-order valence-electron chi connectivity index (χ2n) is 4.23. The average Bonchev–Trinajstić information content (AvgIpc) is 2.49. The van der Waals surface area contributed by atoms with Gasteiger partial charge in [0.25, 0.3) is 0 Å². The summed E-state index contributed by atoms with van der Waals surface area (Å²) >= 11 is 9.16. The summed E-state index contributed by atoms with van der Waals surface area (Å²) in [5.74, 6) is -1.21. The number of rotatable bonds is 3. The van der Waals surface area contributed by atoms with Crippen LogP contribution < -0.4 is 15.4 Å². The molecule has 0 heterocycles. The van der Waals surface area contributed by atoms with E-state index in [4.69, 9.17) is 16.3 Å². The van der Waals surface area contributed by atoms with Crippen molar-refractivity contribution in [3.8, 4) is 5.75 Å². The van der Waals surface area contributed by atoms with E-state index in [1.165, 1.54) is 13.2 Å². The van der Waals surface area contributed by atoms with Crippen LogP contribution in [0.3, 0.4) is 0 Å². The predicted molar refractivity (Wildman–Crippen MR) is 89.4 cm³/mol. The van der Waals surface area contributed by atoms with Crippen LogP contribution in [-0.2, 0) is 9.59 Å². The van der Waals surface area contributed by atoms with Gasteiger partial charge in [0, 0.05) is 9.50 Å². The number of anilines is 2. The molecule has 0 saturated heterocycles. The first-order chi connectivity index (χ1) is 10.5. The lowest BCUT2D eigenvalue weighted by Gasteiger charge is -2.11. The lowest BCUT2D eigenvalue weighted by Crippen LogP contribution is -2.29. The normalized spacial score (nSPS) is 9.95. The van der Waals surface area contributed by atoms with Crippen LogP contribution in [0.5, 0.6) is 5.75 Å². The Bertz CT molecular complexity index is 722. The highest BCUT2D eigenvalue weighted by molar-refractivity contribution is 9.10. The van der Waals surface area contributed by atoms with E-state index >= 15 is 0 Å². The molecular weight excluding hydrogens is 372 g/mol. The fraction of sp³-hybridized carbons (Fsp3) is 0.0667. The Morgan fingerprint density at radius 1 is 1.05 bits per heavy atom. The first-order valence-corrected chi connectivity index (χ1v) is 7.38. The number of halogens is 2. The van der Waals surface area contributed by atoms with Gasteiger partial charge < -0.3 is 15.4 Å². The second-order valence-corrected chi connectivity index (χ2v) is 5.52. The zero-order chi connectivity index (χ0) is 16.1. The zero-order valence-corrected chi connectivity index (χ0v) is 13.9. The molecule has 0 spiro atoms. The Balaban J connectivity index is 2.11. The number of benzene rings is 2. The number of carbonyl (C=O) groups is 2. The number of para-hydroxylation sites is 1. The molecule has 0 unspecified atom stereocenters. The largest absolute Gasteiger partial charge is 0.495 e. The Morgan fingerprint density at radius 2 is 1.68 bits per heavy atom. The number of nitrogens with one attached hydrogen (secondary N) is 2. The van der Waals surface area contributed by atoms with E-state index in [1.54, 1.807) is 36.4 Å². The number of methoxy groups -OCH3 is 1. The standard InChI is InChI=1S/C15H12BrClN2O3/c1-22-13-7-6-9(17)8-12(13)19-15(21)14(20)18-11-5-3-2-4-10(11)16/h2-8H,1H3,(H,18,20)(H,19,21). The van der Waals surface area contributed by atoms with Gasteiger partial charge in [0.15, 0.2) is 0 Å². The molecule has 22 heavy (non-hydrogen) atoms. The highest BCUT2D eigenvalue weighted by Gasteiger charge is 2.17. The Kier molecular flexibility index (Phi) is 5.41. The minimum Gasteiger partial charge on any atom is -0.495 e. The van der Waals surface area contributed by atoms with Crippen LogP contribution in [0.1, 0.15) is 0 Å². The summed E-state index contributed by atoms with van der Waals surface area (Å²) in [6, 6.07) is 11.7. The SMILES string of the molecule is COc1ccc(Cl)cc1NC(=O)C(=O)Nc1ccccc1Br. The molecular formula is C15H12BrClN2O3. The highest BCUT2D eigenvalue weighted by atomic mass is 79.9. The van der Waals surface area contributed by atoms with Gasteiger partial charge >= 0.3 is 11.8 Å². The first-order valence-electron chi connectivity index (χ1n) is 6.21. The molecule has 0 fully saturated rings. The van der Waals surface area contributed by atoms with Crippen LogP contribution in [0.2, 0.25) is 5.02 Å². The van der Waals surface area contributed by atoms with Crippen LogP contribution >= 0.6 is 27.5 Å². The summed E-state index contributed by atoms with van der Waals surface area (Å²) in [6.07, 6.45) is 0. The van der Waals surface area contributed by atoms with E-state index < -0.39 is 11.8 Å². The third kappa shape index (κ3) is 3.99. The van der Waals surface area contributed by atoms with Crippen molar-refractivity contribution in [2.45, 2.75) is 0 Å². The summed E-state index contributed by atoms with van der Waals surface area (Å²) in [6.45, 7) is 0. The van der Waals surface area contributed by atoms with Gasteiger partial charge in [0.2, 0.25) is 0 Å². The van der Waals surface area contributed by atoms with Crippen LogP contribution in [0, 0.1) is 0 Å². The van der Waals surface area contributed by atoms with Crippen LogP contribution in [-0.4, -0.2) is 18.9 Å². The molecule has 0 aliphatic heterocycles. The fourth-order valence-electron chi connectivity index (χ4n) is 1.70. The van der Waals surface area contributed by atoms with E-state index in [0.717, 1.165) is 0 Å². The van der Waals surface area contributed by atoms with E-state index in [-0.39, 0.29) is 0 Å². The fourth-order valence-corrected chi connectivity index (χ4v) is 2.25. The minimum atomic E-state index is -0.823. The summed E-state index contributed by atoms with van der Waals surface area (Å²) < 4.78 is 5.78. The number of hydrogen-bond donors (Lipinski definition) is 2. The van der Waals surface area contributed by atoms with Crippen LogP contribution in [0.15, 0.2) is 46.9 Å². The van der Waals surface area contributed by atoms with Gasteiger partial charge in [-0.1, -0.05) is 23.7 Å². The van der Waals surface area contributed by atoms with Gasteiger partial charge in [-0.15, -0.1) is 0 Å².